The van der Waals surface area contributed by atoms with Crippen LogP contribution in [0.3, 0.4) is 0 Å². The van der Waals surface area contributed by atoms with Gasteiger partial charge in [-0.15, -0.1) is 11.3 Å². The Morgan fingerprint density at radius 1 is 0.878 bits per heavy atom. The first kappa shape index (κ1) is 59.5. The van der Waals surface area contributed by atoms with Crippen molar-refractivity contribution in [3.05, 3.63) is 119 Å². The zero-order valence-electron chi connectivity index (χ0n) is 48.2. The number of benzene rings is 3. The number of nitrogens with one attached hydrogen (secondary N) is 5. The molecule has 4 aromatic heterocycles. The number of thiazole rings is 1. The van der Waals surface area contributed by atoms with Gasteiger partial charge in [-0.05, 0) is 96.5 Å². The van der Waals surface area contributed by atoms with Crippen molar-refractivity contribution in [3.8, 4) is 27.7 Å². The Morgan fingerprint density at radius 2 is 1.65 bits per heavy atom. The molecule has 0 bridgehead atoms. The normalized spacial score (nSPS) is 17.3. The van der Waals surface area contributed by atoms with Gasteiger partial charge in [-0.2, -0.15) is 9.97 Å². The van der Waals surface area contributed by atoms with Crippen molar-refractivity contribution in [1.29, 1.82) is 0 Å². The number of aliphatic hydroxyl groups excluding tert-OH is 1. The Hall–Kier alpha value is -7.07. The first-order valence-corrected chi connectivity index (χ1v) is 29.5. The fourth-order valence-corrected chi connectivity index (χ4v) is 11.3. The third kappa shape index (κ3) is 15.1. The number of anilines is 2. The summed E-state index contributed by atoms with van der Waals surface area (Å²) < 4.78 is 25.6. The first-order valence-electron chi connectivity index (χ1n) is 28.6. The van der Waals surface area contributed by atoms with Gasteiger partial charge in [0.1, 0.15) is 23.8 Å². The number of β-amino-alcohol motifs (C(OH)–C–C–N with tert-alkyl or cyclic N) is 1. The van der Waals surface area contributed by atoms with E-state index in [-0.39, 0.29) is 62.5 Å². The maximum atomic E-state index is 14.1. The summed E-state index contributed by atoms with van der Waals surface area (Å²) in [6, 6.07) is 24.9. The van der Waals surface area contributed by atoms with Crippen LogP contribution in [0.25, 0.3) is 38.1 Å². The highest BCUT2D eigenvalue weighted by molar-refractivity contribution is 7.13. The van der Waals surface area contributed by atoms with Crippen LogP contribution in [0.5, 0.6) is 6.01 Å². The number of aliphatic hydroxyl groups is 1. The molecule has 7 aromatic rings. The van der Waals surface area contributed by atoms with E-state index in [0.717, 1.165) is 92.1 Å². The lowest BCUT2D eigenvalue weighted by atomic mass is 9.85. The van der Waals surface area contributed by atoms with Crippen molar-refractivity contribution in [1.82, 2.24) is 45.2 Å². The Bertz CT molecular complexity index is 3260. The number of piperidine rings is 1. The van der Waals surface area contributed by atoms with Gasteiger partial charge in [0.2, 0.25) is 23.7 Å². The number of carbonyl (C=O) groups is 3. The second-order valence-corrected chi connectivity index (χ2v) is 23.4. The zero-order valence-corrected chi connectivity index (χ0v) is 49.0. The van der Waals surface area contributed by atoms with Crippen molar-refractivity contribution in [2.75, 3.05) is 76.5 Å². The lowest BCUT2D eigenvalue weighted by Crippen LogP contribution is -2.58. The fourth-order valence-electron chi connectivity index (χ4n) is 10.5. The Labute approximate surface area is 484 Å². The number of aryl methyl sites for hydroxylation is 1. The van der Waals surface area contributed by atoms with Crippen LogP contribution in [0.4, 0.5) is 11.6 Å². The molecule has 9 rings (SSSR count). The molecule has 5 atom stereocenters. The van der Waals surface area contributed by atoms with Crippen molar-refractivity contribution in [3.63, 3.8) is 0 Å². The van der Waals surface area contributed by atoms with Crippen LogP contribution in [-0.2, 0) is 35.1 Å². The van der Waals surface area contributed by atoms with Crippen LogP contribution in [0.2, 0.25) is 0 Å². The third-order valence-electron chi connectivity index (χ3n) is 15.0. The number of nitrogens with zero attached hydrogens (tertiary/aromatic N) is 6. The highest BCUT2D eigenvalue weighted by atomic mass is 32.1. The van der Waals surface area contributed by atoms with Crippen molar-refractivity contribution >= 4 is 57.1 Å². The second kappa shape index (κ2) is 27.8. The molecule has 6 N–H and O–H groups in total. The number of rotatable bonds is 26. The predicted octanol–water partition coefficient (Wildman–Crippen LogP) is 8.46. The number of carbonyl (C=O) groups excluding carboxylic acids is 3. The number of fused-ring (bicyclic) bond motifs is 2. The van der Waals surface area contributed by atoms with Gasteiger partial charge in [0.05, 0.1) is 73.6 Å². The third-order valence-corrected chi connectivity index (χ3v) is 16.0. The largest absolute Gasteiger partial charge is 0.459 e. The van der Waals surface area contributed by atoms with E-state index in [1.54, 1.807) is 11.3 Å². The van der Waals surface area contributed by atoms with Crippen LogP contribution in [-0.4, -0.2) is 142 Å². The molecule has 0 radical (unpaired) electrons. The maximum absolute atomic E-state index is 14.1. The van der Waals surface area contributed by atoms with Gasteiger partial charge in [-0.25, -0.2) is 4.98 Å². The van der Waals surface area contributed by atoms with E-state index in [1.165, 1.54) is 4.90 Å². The van der Waals surface area contributed by atoms with E-state index in [9.17, 15) is 19.5 Å². The highest BCUT2D eigenvalue weighted by Gasteiger charge is 2.44. The van der Waals surface area contributed by atoms with Crippen molar-refractivity contribution < 1.29 is 38.4 Å². The molecule has 0 aliphatic carbocycles. The monoisotopic (exact) mass is 1140 g/mol. The molecule has 2 aliphatic rings. The number of ether oxygens (including phenoxy) is 4. The number of pyridine rings is 1. The van der Waals surface area contributed by atoms with Gasteiger partial charge in [0, 0.05) is 68.1 Å². The predicted molar refractivity (Wildman–Crippen MR) is 320 cm³/mol. The van der Waals surface area contributed by atoms with Gasteiger partial charge in [-0.3, -0.25) is 23.8 Å². The molecule has 436 valence electrons. The van der Waals surface area contributed by atoms with E-state index in [1.807, 2.05) is 99.4 Å². The Balaban J connectivity index is 0.673. The van der Waals surface area contributed by atoms with E-state index in [4.69, 9.17) is 33.9 Å². The molecule has 2 fully saturated rings. The lowest BCUT2D eigenvalue weighted by molar-refractivity contribution is -0.144. The summed E-state index contributed by atoms with van der Waals surface area (Å²) in [6.07, 6.45) is 5.18. The summed E-state index contributed by atoms with van der Waals surface area (Å²) in [5.74, 6) is -0.181. The molecule has 0 spiro atoms. The summed E-state index contributed by atoms with van der Waals surface area (Å²) in [4.78, 5) is 62.4. The summed E-state index contributed by atoms with van der Waals surface area (Å²) >= 11 is 1.58. The first-order chi connectivity index (χ1) is 39.6. The molecule has 3 aromatic carbocycles. The van der Waals surface area contributed by atoms with Gasteiger partial charge < -0.3 is 55.5 Å². The zero-order chi connectivity index (χ0) is 57.8. The Morgan fingerprint density at radius 3 is 2.38 bits per heavy atom. The van der Waals surface area contributed by atoms with E-state index >= 15 is 0 Å². The van der Waals surface area contributed by atoms with Crippen molar-refractivity contribution in [2.24, 2.45) is 5.41 Å². The summed E-state index contributed by atoms with van der Waals surface area (Å²) in [6.45, 7) is 18.7. The van der Waals surface area contributed by atoms with Crippen molar-refractivity contribution in [2.45, 2.75) is 117 Å². The molecule has 19 nitrogen and oxygen atoms in total. The van der Waals surface area contributed by atoms with Crippen LogP contribution in [0.1, 0.15) is 102 Å². The number of hydrogen-bond acceptors (Lipinski definition) is 16. The smallest absolute Gasteiger partial charge is 0.322 e. The summed E-state index contributed by atoms with van der Waals surface area (Å²) in [5, 5.41) is 29.2. The number of aromatic nitrogens is 5. The van der Waals surface area contributed by atoms with Gasteiger partial charge in [0.15, 0.2) is 0 Å². The molecule has 82 heavy (non-hydrogen) atoms. The maximum Gasteiger partial charge on any atom is 0.322 e. The van der Waals surface area contributed by atoms with Crippen LogP contribution in [0.15, 0.2) is 96.8 Å². The van der Waals surface area contributed by atoms with E-state index in [0.29, 0.717) is 51.5 Å². The summed E-state index contributed by atoms with van der Waals surface area (Å²) in [7, 11) is 0. The molecule has 2 saturated heterocycles. The highest BCUT2D eigenvalue weighted by Crippen LogP contribution is 2.33. The second-order valence-electron chi connectivity index (χ2n) is 22.5. The standard InChI is InChI=1S/C62H79N11O8S/c1-39(2)49-21-26-72-57(49)70-61(81-48-12-10-23-63-36-48)71-60(72)66-35-45-11-8-9-13-50(45)54-51-19-18-46(33-44(51)20-24-65-54)64-25-28-79-30-32-80-31-29-78-27-22-53(75)69-56(62(5,6)7)59(77)73-37-47(74)34-52(73)58(76)68-40(3)42-14-16-43(17-15-42)55-41(4)67-38-82-55/h8-9,11,13-21,24,26,33,38-40,47-48,52,56,63-64,74H,10,12,22-23,25,27-32,34-37H2,1-7H3,(H,68,76)(H,69,75)(H,66,70,71)/t40-,47+,48+,52-,56+/m0/s1. The van der Waals surface area contributed by atoms with Gasteiger partial charge >= 0.3 is 6.01 Å². The number of likely N-dealkylation sites (tertiary alicyclic amines) is 1. The van der Waals surface area contributed by atoms with Gasteiger partial charge in [0.25, 0.3) is 0 Å². The molecule has 20 heteroatoms. The molecule has 6 heterocycles. The molecular weight excluding hydrogens is 1060 g/mol. The van der Waals surface area contributed by atoms with Crippen LogP contribution < -0.4 is 31.3 Å². The lowest BCUT2D eigenvalue weighted by Gasteiger charge is -2.35. The fraction of sp³-hybridized carbons (Fsp3) is 0.468. The minimum absolute atomic E-state index is 0.00835. The molecule has 2 aliphatic heterocycles. The number of amides is 3. The van der Waals surface area contributed by atoms with Crippen LogP contribution in [0, 0.1) is 12.3 Å². The molecule has 0 saturated carbocycles. The van der Waals surface area contributed by atoms with E-state index < -0.39 is 29.5 Å². The molecule has 3 amide bonds. The Kier molecular flexibility index (Phi) is 20.2. The average molecular weight is 1140 g/mol. The molecular formula is C62H79N11O8S. The SMILES string of the molecule is Cc1ncsc1-c1ccc([C@H](C)NC(=O)[C@@H]2C[C@@H](O)CN2C(=O)[C@@H](NC(=O)CCOCCOCCOCCNc2ccc3c(-c4ccccc4CNc4nc(O[C@@H]5CCCNC5)nc5c(C(C)C)ccn45)nccc3c2)C(C)(C)C)cc1. The molecule has 0 unspecified atom stereocenters. The average Bonchev–Trinajstić information content (AvgIpc) is 4.21. The minimum atomic E-state index is -0.936. The van der Waals surface area contributed by atoms with E-state index in [2.05, 4.69) is 81.8 Å². The summed E-state index contributed by atoms with van der Waals surface area (Å²) in [5.41, 5.74) is 10.0. The van der Waals surface area contributed by atoms with Crippen LogP contribution >= 0.6 is 11.3 Å². The quantitative estimate of drug-likeness (QED) is 0.0280. The minimum Gasteiger partial charge on any atom is -0.459 e. The van der Waals surface area contributed by atoms with Gasteiger partial charge in [-0.1, -0.05) is 89.2 Å². The number of hydrogen-bond donors (Lipinski definition) is 6. The topological polar surface area (TPSA) is 228 Å².